The van der Waals surface area contributed by atoms with Gasteiger partial charge in [0.1, 0.15) is 12.6 Å². The van der Waals surface area contributed by atoms with E-state index in [9.17, 15) is 19.5 Å². The largest absolute Gasteiger partial charge is 0.544 e. The molecule has 2 atom stereocenters. The predicted molar refractivity (Wildman–Crippen MR) is 273 cm³/mol. The highest BCUT2D eigenvalue weighted by molar-refractivity contribution is 5.70. The van der Waals surface area contributed by atoms with Gasteiger partial charge in [-0.25, -0.2) is 0 Å². The minimum Gasteiger partial charge on any atom is -0.544 e. The summed E-state index contributed by atoms with van der Waals surface area (Å²) in [6.45, 7) is 4.57. The molecule has 2 unspecified atom stereocenters. The van der Waals surface area contributed by atoms with Crippen LogP contribution in [0.5, 0.6) is 0 Å². The fourth-order valence-electron chi connectivity index (χ4n) is 7.81. The summed E-state index contributed by atoms with van der Waals surface area (Å²) in [5, 5.41) is 11.7. The van der Waals surface area contributed by atoms with Gasteiger partial charge in [0.2, 0.25) is 0 Å². The van der Waals surface area contributed by atoms with Crippen LogP contribution >= 0.6 is 0 Å². The molecule has 376 valence electrons. The fraction of sp³-hybridized carbons (Fsp3) is 0.772. The lowest BCUT2D eigenvalue weighted by Gasteiger charge is -2.34. The number of carboxylic acids is 1. The van der Waals surface area contributed by atoms with Crippen molar-refractivity contribution in [3.63, 3.8) is 0 Å². The molecule has 8 nitrogen and oxygen atoms in total. The number of carboxylic acid groups (broad SMARTS) is 1. The molecular weight excluding hydrogens is 811 g/mol. The summed E-state index contributed by atoms with van der Waals surface area (Å²) in [5.74, 6) is -1.74. The SMILES string of the molecule is CC/C=C/C/C=C/C/C=C/C/C=C/C/C=C/CCCCCCCCCC(=O)OCC(COCCC(C(=O)[O-])[N+](C)(C)C)OC(=O)CCCCCCCCCCCCCCCCCCCC. The monoisotopic (exact) mass is 912 g/mol. The van der Waals surface area contributed by atoms with Crippen LogP contribution in [0.15, 0.2) is 60.8 Å². The lowest BCUT2D eigenvalue weighted by Crippen LogP contribution is -2.55. The number of hydrogen-bond acceptors (Lipinski definition) is 7. The number of ether oxygens (including phenoxy) is 3. The molecule has 65 heavy (non-hydrogen) atoms. The lowest BCUT2D eigenvalue weighted by molar-refractivity contribution is -0.889. The van der Waals surface area contributed by atoms with Gasteiger partial charge in [-0.15, -0.1) is 0 Å². The van der Waals surface area contributed by atoms with Gasteiger partial charge in [-0.05, 0) is 57.8 Å². The quantitative estimate of drug-likeness (QED) is 0.0259. The van der Waals surface area contributed by atoms with Crippen LogP contribution in [-0.2, 0) is 28.6 Å². The molecule has 0 amide bonds. The highest BCUT2D eigenvalue weighted by Gasteiger charge is 2.25. The summed E-state index contributed by atoms with van der Waals surface area (Å²) in [4.78, 5) is 37.1. The lowest BCUT2D eigenvalue weighted by atomic mass is 10.0. The number of nitrogens with zero attached hydrogens (tertiary/aromatic N) is 1. The number of allylic oxidation sites excluding steroid dienone is 10. The van der Waals surface area contributed by atoms with Crippen LogP contribution in [0, 0.1) is 0 Å². The number of carbonyl (C=O) groups excluding carboxylic acids is 3. The van der Waals surface area contributed by atoms with Gasteiger partial charge >= 0.3 is 11.9 Å². The normalized spacial score (nSPS) is 13.3. The van der Waals surface area contributed by atoms with E-state index in [-0.39, 0.29) is 42.7 Å². The van der Waals surface area contributed by atoms with Crippen LogP contribution in [0.25, 0.3) is 0 Å². The first-order valence-electron chi connectivity index (χ1n) is 26.8. The molecule has 0 aliphatic carbocycles. The van der Waals surface area contributed by atoms with Crippen molar-refractivity contribution in [2.45, 2.75) is 244 Å². The second-order valence-corrected chi connectivity index (χ2v) is 19.1. The highest BCUT2D eigenvalue weighted by atomic mass is 16.6. The Morgan fingerprint density at radius 2 is 0.862 bits per heavy atom. The van der Waals surface area contributed by atoms with Gasteiger partial charge in [-0.1, -0.05) is 216 Å². The van der Waals surface area contributed by atoms with Crippen LogP contribution in [0.3, 0.4) is 0 Å². The average molecular weight is 912 g/mol. The van der Waals surface area contributed by atoms with Gasteiger partial charge in [0.25, 0.3) is 0 Å². The van der Waals surface area contributed by atoms with Crippen LogP contribution in [-0.4, -0.2) is 75.5 Å². The third kappa shape index (κ3) is 46.0. The molecule has 0 aromatic carbocycles. The van der Waals surface area contributed by atoms with Crippen LogP contribution in [0.4, 0.5) is 0 Å². The molecule has 0 rings (SSSR count). The molecule has 0 saturated carbocycles. The third-order valence-corrected chi connectivity index (χ3v) is 11.9. The number of carbonyl (C=O) groups is 3. The summed E-state index contributed by atoms with van der Waals surface area (Å²) in [6.07, 6.45) is 59.6. The molecule has 0 aromatic heterocycles. The van der Waals surface area contributed by atoms with E-state index in [2.05, 4.69) is 74.6 Å². The van der Waals surface area contributed by atoms with Gasteiger partial charge in [-0.2, -0.15) is 0 Å². The number of rotatable bonds is 48. The van der Waals surface area contributed by atoms with Crippen molar-refractivity contribution in [3.05, 3.63) is 60.8 Å². The van der Waals surface area contributed by atoms with Crippen molar-refractivity contribution >= 4 is 17.9 Å². The Kier molecular flexibility index (Phi) is 45.3. The Morgan fingerprint density at radius 3 is 1.28 bits per heavy atom. The zero-order chi connectivity index (χ0) is 47.7. The van der Waals surface area contributed by atoms with Crippen LogP contribution < -0.4 is 5.11 Å². The number of likely N-dealkylation sites (N-methyl/N-ethyl adjacent to an activating group) is 1. The van der Waals surface area contributed by atoms with E-state index in [1.165, 1.54) is 122 Å². The number of esters is 2. The molecule has 0 radical (unpaired) electrons. The maximum absolute atomic E-state index is 12.8. The highest BCUT2D eigenvalue weighted by Crippen LogP contribution is 2.16. The Bertz CT molecular complexity index is 1250. The first-order chi connectivity index (χ1) is 31.6. The Hall–Kier alpha value is -2.97. The molecule has 0 heterocycles. The van der Waals surface area contributed by atoms with E-state index in [1.54, 1.807) is 21.1 Å². The molecule has 0 bridgehead atoms. The molecule has 0 aromatic rings. The smallest absolute Gasteiger partial charge is 0.306 e. The molecule has 0 saturated heterocycles. The minimum absolute atomic E-state index is 0.0378. The van der Waals surface area contributed by atoms with E-state index >= 15 is 0 Å². The molecule has 0 N–H and O–H groups in total. The van der Waals surface area contributed by atoms with Crippen molar-refractivity contribution < 1.29 is 38.2 Å². The molecule has 0 fully saturated rings. The first-order valence-corrected chi connectivity index (χ1v) is 26.8. The fourth-order valence-corrected chi connectivity index (χ4v) is 7.81. The second-order valence-electron chi connectivity index (χ2n) is 19.1. The Labute approximate surface area is 400 Å². The number of unbranched alkanes of at least 4 members (excludes halogenated alkanes) is 24. The molecule has 0 aliphatic rings. The van der Waals surface area contributed by atoms with Gasteiger partial charge in [-0.3, -0.25) is 9.59 Å². The van der Waals surface area contributed by atoms with Crippen LogP contribution in [0.2, 0.25) is 0 Å². The molecule has 8 heteroatoms. The first kappa shape index (κ1) is 62.0. The van der Waals surface area contributed by atoms with E-state index in [4.69, 9.17) is 14.2 Å². The van der Waals surface area contributed by atoms with Gasteiger partial charge < -0.3 is 28.6 Å². The van der Waals surface area contributed by atoms with Gasteiger partial charge in [0.15, 0.2) is 6.10 Å². The van der Waals surface area contributed by atoms with E-state index in [0.29, 0.717) is 12.8 Å². The van der Waals surface area contributed by atoms with E-state index in [0.717, 1.165) is 77.0 Å². The number of hydrogen-bond donors (Lipinski definition) is 0. The Balaban J connectivity index is 4.23. The minimum atomic E-state index is -1.13. The molecule has 0 spiro atoms. The standard InChI is InChI=1S/C57H101NO7/c1-6-8-10-12-14-16-18-20-22-24-26-27-28-29-30-32-33-35-37-39-41-43-45-47-55(59)64-52-53(51-63-50-49-54(57(61)62)58(3,4)5)65-56(60)48-46-44-42-40-38-36-34-31-25-23-21-19-17-15-13-11-9-7-2/h8,10,14,16,20,22,26-27,29-30,53-54H,6-7,9,11-13,15,17-19,21,23-25,28,31-52H2,1-5H3/b10-8+,16-14+,22-20+,27-26+,30-29+. The van der Waals surface area contributed by atoms with E-state index < -0.39 is 18.1 Å². The van der Waals surface area contributed by atoms with Crippen molar-refractivity contribution in [2.75, 3.05) is 41.0 Å². The number of aliphatic carboxylic acids is 1. The number of quaternary nitrogens is 1. The average Bonchev–Trinajstić information content (AvgIpc) is 3.27. The topological polar surface area (TPSA) is 102 Å². The summed E-state index contributed by atoms with van der Waals surface area (Å²) in [7, 11) is 5.42. The maximum Gasteiger partial charge on any atom is 0.306 e. The summed E-state index contributed by atoms with van der Waals surface area (Å²) in [5.41, 5.74) is 0. The van der Waals surface area contributed by atoms with Crippen molar-refractivity contribution in [2.24, 2.45) is 0 Å². The summed E-state index contributed by atoms with van der Waals surface area (Å²) < 4.78 is 17.3. The van der Waals surface area contributed by atoms with Crippen molar-refractivity contribution in [3.8, 4) is 0 Å². The zero-order valence-electron chi connectivity index (χ0n) is 42.9. The van der Waals surface area contributed by atoms with Gasteiger partial charge in [0, 0.05) is 19.3 Å². The van der Waals surface area contributed by atoms with Crippen molar-refractivity contribution in [1.82, 2.24) is 0 Å². The molecule has 0 aliphatic heterocycles. The Morgan fingerprint density at radius 1 is 0.477 bits per heavy atom. The van der Waals surface area contributed by atoms with E-state index in [1.807, 2.05) is 0 Å². The molecular formula is C57H101NO7. The third-order valence-electron chi connectivity index (χ3n) is 11.9. The summed E-state index contributed by atoms with van der Waals surface area (Å²) >= 11 is 0. The maximum atomic E-state index is 12.8. The predicted octanol–water partition coefficient (Wildman–Crippen LogP) is 14.4. The second kappa shape index (κ2) is 47.5. The van der Waals surface area contributed by atoms with Crippen LogP contribution in [0.1, 0.15) is 232 Å². The zero-order valence-corrected chi connectivity index (χ0v) is 42.9. The van der Waals surface area contributed by atoms with Crippen molar-refractivity contribution in [1.29, 1.82) is 0 Å². The van der Waals surface area contributed by atoms with Gasteiger partial charge in [0.05, 0.1) is 40.3 Å². The summed E-state index contributed by atoms with van der Waals surface area (Å²) in [6, 6.07) is -0.729.